The second-order valence-electron chi connectivity index (χ2n) is 4.85. The maximum absolute atomic E-state index is 12.3. The highest BCUT2D eigenvalue weighted by molar-refractivity contribution is 7.11. The molecule has 0 radical (unpaired) electrons. The van der Waals surface area contributed by atoms with Gasteiger partial charge in [0.15, 0.2) is 0 Å². The summed E-state index contributed by atoms with van der Waals surface area (Å²) in [5.41, 5.74) is 0.0433. The Labute approximate surface area is 111 Å². The van der Waals surface area contributed by atoms with Crippen LogP contribution in [0.25, 0.3) is 0 Å². The summed E-state index contributed by atoms with van der Waals surface area (Å²) in [6.45, 7) is 7.26. The van der Waals surface area contributed by atoms with Crippen LogP contribution >= 0.6 is 11.5 Å². The summed E-state index contributed by atoms with van der Waals surface area (Å²) in [5.74, 6) is -1.15. The number of hydrogen-bond donors (Lipinski definition) is 1. The van der Waals surface area contributed by atoms with E-state index >= 15 is 0 Å². The highest BCUT2D eigenvalue weighted by Crippen LogP contribution is 2.32. The van der Waals surface area contributed by atoms with Crippen molar-refractivity contribution >= 4 is 28.4 Å². The number of rotatable bonds is 4. The molecular formula is C12H18N2O3S. The number of aromatic nitrogens is 1. The van der Waals surface area contributed by atoms with Crippen molar-refractivity contribution in [2.75, 3.05) is 11.9 Å². The molecule has 1 heterocycles. The Morgan fingerprint density at radius 1 is 1.44 bits per heavy atom. The maximum atomic E-state index is 12.3. The van der Waals surface area contributed by atoms with Crippen molar-refractivity contribution in [3.05, 3.63) is 11.3 Å². The first-order chi connectivity index (χ1) is 8.22. The van der Waals surface area contributed by atoms with Gasteiger partial charge in [0, 0.05) is 12.5 Å². The van der Waals surface area contributed by atoms with Crippen LogP contribution in [-0.2, 0) is 4.79 Å². The van der Waals surface area contributed by atoms with Crippen molar-refractivity contribution < 1.29 is 14.7 Å². The number of anilines is 1. The summed E-state index contributed by atoms with van der Waals surface area (Å²) in [7, 11) is 1.60. The fourth-order valence-electron chi connectivity index (χ4n) is 1.53. The molecule has 1 amide bonds. The minimum absolute atomic E-state index is 0.101. The van der Waals surface area contributed by atoms with E-state index < -0.39 is 11.4 Å². The fourth-order valence-corrected chi connectivity index (χ4v) is 2.38. The van der Waals surface area contributed by atoms with Crippen LogP contribution in [-0.4, -0.2) is 28.4 Å². The lowest BCUT2D eigenvalue weighted by atomic mass is 9.88. The van der Waals surface area contributed by atoms with Crippen LogP contribution in [0.3, 0.4) is 0 Å². The number of carboxylic acid groups (broad SMARTS) is 1. The molecule has 1 aromatic heterocycles. The molecule has 5 nitrogen and oxygen atoms in total. The third-order valence-electron chi connectivity index (χ3n) is 3.13. The second-order valence-corrected chi connectivity index (χ2v) is 5.61. The number of amides is 1. The molecule has 0 atom stereocenters. The van der Waals surface area contributed by atoms with Gasteiger partial charge in [0.05, 0.1) is 5.69 Å². The van der Waals surface area contributed by atoms with Gasteiger partial charge in [-0.1, -0.05) is 20.8 Å². The average Bonchev–Trinajstić information content (AvgIpc) is 2.69. The summed E-state index contributed by atoms with van der Waals surface area (Å²) in [5, 5.41) is 9.55. The van der Waals surface area contributed by atoms with Crippen molar-refractivity contribution in [1.29, 1.82) is 0 Å². The van der Waals surface area contributed by atoms with Gasteiger partial charge in [0.25, 0.3) is 0 Å². The zero-order valence-corrected chi connectivity index (χ0v) is 12.1. The minimum Gasteiger partial charge on any atom is -0.478 e. The normalized spacial score (nSPS) is 11.4. The molecule has 0 aliphatic carbocycles. The van der Waals surface area contributed by atoms with Gasteiger partial charge in [-0.15, -0.1) is 0 Å². The molecule has 0 aliphatic rings. The van der Waals surface area contributed by atoms with Gasteiger partial charge < -0.3 is 10.0 Å². The molecule has 0 saturated carbocycles. The SMILES string of the molecule is CCC(C)(C)C(=O)N(C)c1snc(C)c1C(=O)O. The zero-order valence-electron chi connectivity index (χ0n) is 11.3. The Balaban J connectivity index is 3.16. The van der Waals surface area contributed by atoms with E-state index in [0.29, 0.717) is 17.1 Å². The monoisotopic (exact) mass is 270 g/mol. The van der Waals surface area contributed by atoms with Gasteiger partial charge in [0.1, 0.15) is 10.6 Å². The Kier molecular flexibility index (Phi) is 4.11. The number of aromatic carboxylic acids is 1. The van der Waals surface area contributed by atoms with Crippen LogP contribution in [0.2, 0.25) is 0 Å². The summed E-state index contributed by atoms with van der Waals surface area (Å²) < 4.78 is 4.02. The van der Waals surface area contributed by atoms with Crippen molar-refractivity contribution in [2.45, 2.75) is 34.1 Å². The zero-order chi connectivity index (χ0) is 14.1. The average molecular weight is 270 g/mol. The van der Waals surface area contributed by atoms with E-state index in [9.17, 15) is 9.59 Å². The number of nitrogens with zero attached hydrogens (tertiary/aromatic N) is 2. The van der Waals surface area contributed by atoms with Gasteiger partial charge in [-0.25, -0.2) is 4.79 Å². The standard InChI is InChI=1S/C12H18N2O3S/c1-6-12(3,4)11(17)14(5)9-8(10(15)16)7(2)13-18-9/h6H2,1-5H3,(H,15,16). The first kappa shape index (κ1) is 14.6. The topological polar surface area (TPSA) is 70.5 Å². The number of carbonyl (C=O) groups is 2. The van der Waals surface area contributed by atoms with Crippen molar-refractivity contribution in [3.63, 3.8) is 0 Å². The predicted molar refractivity (Wildman–Crippen MR) is 71.3 cm³/mol. The Morgan fingerprint density at radius 2 is 2.00 bits per heavy atom. The summed E-state index contributed by atoms with van der Waals surface area (Å²) >= 11 is 1.04. The molecule has 0 unspecified atom stereocenters. The number of carboxylic acids is 1. The Morgan fingerprint density at radius 3 is 2.44 bits per heavy atom. The highest BCUT2D eigenvalue weighted by Gasteiger charge is 2.32. The Hall–Kier alpha value is -1.43. The molecule has 0 bridgehead atoms. The van der Waals surface area contributed by atoms with E-state index in [4.69, 9.17) is 5.11 Å². The van der Waals surface area contributed by atoms with E-state index in [1.54, 1.807) is 14.0 Å². The molecule has 100 valence electrons. The lowest BCUT2D eigenvalue weighted by Gasteiger charge is -2.27. The first-order valence-corrected chi connectivity index (χ1v) is 6.47. The predicted octanol–water partition coefficient (Wildman–Crippen LogP) is 2.55. The quantitative estimate of drug-likeness (QED) is 0.912. The fraction of sp³-hybridized carbons (Fsp3) is 0.583. The number of hydrogen-bond acceptors (Lipinski definition) is 4. The molecule has 1 N–H and O–H groups in total. The third kappa shape index (κ3) is 2.53. The van der Waals surface area contributed by atoms with E-state index in [-0.39, 0.29) is 11.5 Å². The van der Waals surface area contributed by atoms with E-state index in [1.807, 2.05) is 20.8 Å². The second kappa shape index (κ2) is 5.06. The van der Waals surface area contributed by atoms with Gasteiger partial charge in [0.2, 0.25) is 5.91 Å². The van der Waals surface area contributed by atoms with Crippen LogP contribution in [0.15, 0.2) is 0 Å². The first-order valence-electron chi connectivity index (χ1n) is 5.70. The molecule has 1 aromatic rings. The van der Waals surface area contributed by atoms with Crippen LogP contribution < -0.4 is 4.90 Å². The van der Waals surface area contributed by atoms with Gasteiger partial charge >= 0.3 is 5.97 Å². The highest BCUT2D eigenvalue weighted by atomic mass is 32.1. The molecule has 0 fully saturated rings. The largest absolute Gasteiger partial charge is 0.478 e. The van der Waals surface area contributed by atoms with Crippen LogP contribution in [0.1, 0.15) is 43.2 Å². The van der Waals surface area contributed by atoms with Crippen LogP contribution in [0.5, 0.6) is 0 Å². The van der Waals surface area contributed by atoms with Gasteiger partial charge in [-0.05, 0) is 24.9 Å². The maximum Gasteiger partial charge on any atom is 0.340 e. The third-order valence-corrected chi connectivity index (χ3v) is 4.15. The molecule has 18 heavy (non-hydrogen) atoms. The molecule has 0 spiro atoms. The van der Waals surface area contributed by atoms with E-state index in [2.05, 4.69) is 4.37 Å². The Bertz CT molecular complexity index is 480. The van der Waals surface area contributed by atoms with E-state index in [1.165, 1.54) is 4.90 Å². The molecule has 0 aromatic carbocycles. The summed E-state index contributed by atoms with van der Waals surface area (Å²) in [6, 6.07) is 0. The molecular weight excluding hydrogens is 252 g/mol. The number of carbonyl (C=O) groups excluding carboxylic acids is 1. The van der Waals surface area contributed by atoms with E-state index in [0.717, 1.165) is 11.5 Å². The smallest absolute Gasteiger partial charge is 0.340 e. The summed E-state index contributed by atoms with van der Waals surface area (Å²) in [4.78, 5) is 24.9. The molecule has 6 heteroatoms. The van der Waals surface area contributed by atoms with Gasteiger partial charge in [-0.2, -0.15) is 4.37 Å². The molecule has 0 aliphatic heterocycles. The van der Waals surface area contributed by atoms with Crippen LogP contribution in [0.4, 0.5) is 5.00 Å². The van der Waals surface area contributed by atoms with Crippen LogP contribution in [0, 0.1) is 12.3 Å². The minimum atomic E-state index is -1.05. The van der Waals surface area contributed by atoms with Crippen molar-refractivity contribution in [2.24, 2.45) is 5.41 Å². The van der Waals surface area contributed by atoms with Gasteiger partial charge in [-0.3, -0.25) is 4.79 Å². The number of aryl methyl sites for hydroxylation is 1. The lowest BCUT2D eigenvalue weighted by Crippen LogP contribution is -2.38. The molecule has 0 saturated heterocycles. The van der Waals surface area contributed by atoms with Crippen molar-refractivity contribution in [3.8, 4) is 0 Å². The summed E-state index contributed by atoms with van der Waals surface area (Å²) in [6.07, 6.45) is 0.691. The lowest BCUT2D eigenvalue weighted by molar-refractivity contribution is -0.126. The van der Waals surface area contributed by atoms with Crippen molar-refractivity contribution in [1.82, 2.24) is 4.37 Å². The molecule has 1 rings (SSSR count).